The van der Waals surface area contributed by atoms with Gasteiger partial charge in [0, 0.05) is 24.4 Å². The summed E-state index contributed by atoms with van der Waals surface area (Å²) in [6.45, 7) is 0. The van der Waals surface area contributed by atoms with Gasteiger partial charge in [-0.1, -0.05) is 11.6 Å². The van der Waals surface area contributed by atoms with E-state index in [2.05, 4.69) is 10.1 Å². The number of rotatable bonds is 5. The largest absolute Gasteiger partial charge is 0.457 e. The molecule has 0 bridgehead atoms. The Morgan fingerprint density at radius 2 is 1.81 bits per heavy atom. The van der Waals surface area contributed by atoms with Crippen molar-refractivity contribution in [3.63, 3.8) is 0 Å². The molecule has 1 saturated carbocycles. The maximum Gasteiger partial charge on any atom is 0.326 e. The molecule has 3 aromatic rings. The summed E-state index contributed by atoms with van der Waals surface area (Å²) in [5, 5.41) is 4.09. The second-order valence-electron chi connectivity index (χ2n) is 6.17. The first-order chi connectivity index (χ1) is 12.7. The van der Waals surface area contributed by atoms with Gasteiger partial charge in [0.15, 0.2) is 0 Å². The van der Waals surface area contributed by atoms with Gasteiger partial charge in [0.1, 0.15) is 11.5 Å². The second kappa shape index (κ2) is 6.87. The third-order valence-electron chi connectivity index (χ3n) is 4.46. The molecule has 4 rings (SSSR count). The molecule has 1 aliphatic rings. The van der Waals surface area contributed by atoms with Crippen molar-refractivity contribution in [2.24, 2.45) is 5.73 Å². The molecule has 7 nitrogen and oxygen atoms in total. The lowest BCUT2D eigenvalue weighted by Gasteiger charge is -2.22. The molecule has 2 heterocycles. The fourth-order valence-corrected chi connectivity index (χ4v) is 2.85. The molecule has 0 radical (unpaired) electrons. The van der Waals surface area contributed by atoms with Gasteiger partial charge in [0.25, 0.3) is 0 Å². The van der Waals surface area contributed by atoms with Crippen LogP contribution in [0.5, 0.6) is 11.5 Å². The monoisotopic (exact) mass is 350 g/mol. The number of carbonyl (C=O) groups is 1. The van der Waals surface area contributed by atoms with Crippen LogP contribution in [-0.4, -0.2) is 16.2 Å². The van der Waals surface area contributed by atoms with Crippen LogP contribution in [0.2, 0.25) is 0 Å². The zero-order valence-corrected chi connectivity index (χ0v) is 14.0. The number of urea groups is 1. The molecule has 0 unspecified atom stereocenters. The molecule has 2 aromatic heterocycles. The lowest BCUT2D eigenvalue weighted by Crippen LogP contribution is -2.31. The average Bonchev–Trinajstić information content (AvgIpc) is 3.04. The Morgan fingerprint density at radius 1 is 1.12 bits per heavy atom. The SMILES string of the molecule is NC(=O)N(c1ccc(Oc2ccncc2)cc1)c1cc(C2CCC2)no1. The highest BCUT2D eigenvalue weighted by molar-refractivity contribution is 5.97. The molecule has 1 aromatic carbocycles. The maximum absolute atomic E-state index is 12.0. The third kappa shape index (κ3) is 3.23. The van der Waals surface area contributed by atoms with Gasteiger partial charge in [0.2, 0.25) is 5.88 Å². The first kappa shape index (κ1) is 16.1. The summed E-state index contributed by atoms with van der Waals surface area (Å²) in [5.74, 6) is 2.05. The summed E-state index contributed by atoms with van der Waals surface area (Å²) in [6, 6.07) is 11.7. The highest BCUT2D eigenvalue weighted by Crippen LogP contribution is 2.38. The Morgan fingerprint density at radius 3 is 2.42 bits per heavy atom. The minimum atomic E-state index is -0.635. The van der Waals surface area contributed by atoms with E-state index in [0.717, 1.165) is 18.5 Å². The van der Waals surface area contributed by atoms with E-state index in [1.807, 2.05) is 0 Å². The van der Waals surface area contributed by atoms with Gasteiger partial charge in [-0.05, 0) is 49.2 Å². The highest BCUT2D eigenvalue weighted by atomic mass is 16.5. The van der Waals surface area contributed by atoms with Gasteiger partial charge in [-0.2, -0.15) is 0 Å². The number of aromatic nitrogens is 2. The normalized spacial score (nSPS) is 13.8. The number of hydrogen-bond donors (Lipinski definition) is 1. The van der Waals surface area contributed by atoms with E-state index in [9.17, 15) is 4.79 Å². The number of nitrogens with zero attached hydrogens (tertiary/aromatic N) is 3. The topological polar surface area (TPSA) is 94.5 Å². The van der Waals surface area contributed by atoms with Crippen LogP contribution in [0.1, 0.15) is 30.9 Å². The zero-order valence-electron chi connectivity index (χ0n) is 14.0. The molecule has 26 heavy (non-hydrogen) atoms. The summed E-state index contributed by atoms with van der Waals surface area (Å²) in [7, 11) is 0. The van der Waals surface area contributed by atoms with E-state index < -0.39 is 6.03 Å². The minimum absolute atomic E-state index is 0.321. The number of hydrogen-bond acceptors (Lipinski definition) is 5. The number of amides is 2. The van der Waals surface area contributed by atoms with Gasteiger partial charge in [-0.25, -0.2) is 9.69 Å². The van der Waals surface area contributed by atoms with Crippen LogP contribution in [0.4, 0.5) is 16.4 Å². The number of ether oxygens (including phenoxy) is 1. The van der Waals surface area contributed by atoms with Crippen molar-refractivity contribution in [2.45, 2.75) is 25.2 Å². The van der Waals surface area contributed by atoms with Crippen molar-refractivity contribution in [3.8, 4) is 11.5 Å². The molecule has 1 fully saturated rings. The molecule has 2 N–H and O–H groups in total. The first-order valence-electron chi connectivity index (χ1n) is 8.45. The molecule has 7 heteroatoms. The van der Waals surface area contributed by atoms with E-state index in [4.69, 9.17) is 15.0 Å². The van der Waals surface area contributed by atoms with Crippen molar-refractivity contribution in [2.75, 3.05) is 4.90 Å². The summed E-state index contributed by atoms with van der Waals surface area (Å²) < 4.78 is 11.1. The standard InChI is InChI=1S/C19H18N4O3/c20-19(24)23(18-12-17(22-26-18)13-2-1-3-13)14-4-6-15(7-5-14)25-16-8-10-21-11-9-16/h4-13H,1-3H2,(H2,20,24). The number of anilines is 2. The van der Waals surface area contributed by atoms with Crippen molar-refractivity contribution >= 4 is 17.6 Å². The fourth-order valence-electron chi connectivity index (χ4n) is 2.85. The number of primary amides is 1. The molecular weight excluding hydrogens is 332 g/mol. The van der Waals surface area contributed by atoms with E-state index >= 15 is 0 Å². The first-order valence-corrected chi connectivity index (χ1v) is 8.45. The molecule has 0 saturated heterocycles. The number of carbonyl (C=O) groups excluding carboxylic acids is 1. The average molecular weight is 350 g/mol. The summed E-state index contributed by atoms with van der Waals surface area (Å²) in [4.78, 5) is 17.2. The Kier molecular flexibility index (Phi) is 4.27. The van der Waals surface area contributed by atoms with Gasteiger partial charge in [-0.15, -0.1) is 0 Å². The lowest BCUT2D eigenvalue weighted by molar-refractivity contribution is 0.254. The molecule has 0 spiro atoms. The van der Waals surface area contributed by atoms with E-state index in [1.165, 1.54) is 11.3 Å². The fraction of sp³-hybridized carbons (Fsp3) is 0.211. The predicted molar refractivity (Wildman–Crippen MR) is 95.6 cm³/mol. The Hall–Kier alpha value is -3.35. The molecule has 1 aliphatic carbocycles. The number of nitrogens with two attached hydrogens (primary N) is 1. The third-order valence-corrected chi connectivity index (χ3v) is 4.46. The quantitative estimate of drug-likeness (QED) is 0.738. The Labute approximate surface area is 150 Å². The van der Waals surface area contributed by atoms with Crippen molar-refractivity contribution < 1.29 is 14.1 Å². The van der Waals surface area contributed by atoms with Crippen LogP contribution >= 0.6 is 0 Å². The lowest BCUT2D eigenvalue weighted by atomic mass is 9.83. The molecule has 0 aliphatic heterocycles. The maximum atomic E-state index is 12.0. The smallest absolute Gasteiger partial charge is 0.326 e. The van der Waals surface area contributed by atoms with E-state index in [1.54, 1.807) is 54.9 Å². The van der Waals surface area contributed by atoms with E-state index in [-0.39, 0.29) is 0 Å². The number of pyridine rings is 1. The zero-order chi connectivity index (χ0) is 17.9. The van der Waals surface area contributed by atoms with Crippen LogP contribution < -0.4 is 15.4 Å². The molecule has 132 valence electrons. The van der Waals surface area contributed by atoms with Gasteiger partial charge < -0.3 is 15.0 Å². The van der Waals surface area contributed by atoms with Gasteiger partial charge in [0.05, 0.1) is 11.4 Å². The molecule has 2 amide bonds. The molecule has 0 atom stereocenters. The van der Waals surface area contributed by atoms with Crippen molar-refractivity contribution in [1.82, 2.24) is 10.1 Å². The second-order valence-corrected chi connectivity index (χ2v) is 6.17. The van der Waals surface area contributed by atoms with Crippen LogP contribution in [0.25, 0.3) is 0 Å². The van der Waals surface area contributed by atoms with Gasteiger partial charge in [-0.3, -0.25) is 4.98 Å². The highest BCUT2D eigenvalue weighted by Gasteiger charge is 2.26. The van der Waals surface area contributed by atoms with Crippen molar-refractivity contribution in [3.05, 3.63) is 60.6 Å². The van der Waals surface area contributed by atoms with E-state index in [0.29, 0.717) is 29.0 Å². The molecular formula is C19H18N4O3. The minimum Gasteiger partial charge on any atom is -0.457 e. The Bertz CT molecular complexity index is 889. The summed E-state index contributed by atoms with van der Waals surface area (Å²) in [5.41, 5.74) is 7.01. The number of benzene rings is 1. The van der Waals surface area contributed by atoms with Crippen LogP contribution in [0, 0.1) is 0 Å². The summed E-state index contributed by atoms with van der Waals surface area (Å²) >= 11 is 0. The van der Waals surface area contributed by atoms with Crippen LogP contribution in [-0.2, 0) is 0 Å². The van der Waals surface area contributed by atoms with Crippen LogP contribution in [0.3, 0.4) is 0 Å². The summed E-state index contributed by atoms with van der Waals surface area (Å²) in [6.07, 6.45) is 6.71. The van der Waals surface area contributed by atoms with Gasteiger partial charge >= 0.3 is 6.03 Å². The Balaban J connectivity index is 1.55. The van der Waals surface area contributed by atoms with Crippen LogP contribution in [0.15, 0.2) is 59.4 Å². The predicted octanol–water partition coefficient (Wildman–Crippen LogP) is 4.35. The van der Waals surface area contributed by atoms with Crippen molar-refractivity contribution in [1.29, 1.82) is 0 Å².